The van der Waals surface area contributed by atoms with Crippen molar-refractivity contribution in [2.75, 3.05) is 5.73 Å². The number of benzene rings is 2. The molecule has 0 aliphatic rings. The number of nitrogens with two attached hydrogens (primary N) is 1. The molecule has 0 aliphatic heterocycles. The van der Waals surface area contributed by atoms with E-state index in [0.29, 0.717) is 11.1 Å². The average Bonchev–Trinajstić information content (AvgIpc) is 2.88. The molecular weight excluding hydrogens is 329 g/mol. The van der Waals surface area contributed by atoms with Crippen molar-refractivity contribution in [1.82, 2.24) is 0 Å². The van der Waals surface area contributed by atoms with Crippen LogP contribution in [-0.2, 0) is 0 Å². The summed E-state index contributed by atoms with van der Waals surface area (Å²) in [5.74, 6) is 0.192. The number of rotatable bonds is 1. The van der Waals surface area contributed by atoms with Gasteiger partial charge in [-0.25, -0.2) is 0 Å². The number of hydrogen-bond donors (Lipinski definition) is 1. The fourth-order valence-corrected chi connectivity index (χ4v) is 4.80. The molecule has 102 valence electrons. The third-order valence-corrected chi connectivity index (χ3v) is 5.92. The first-order valence-corrected chi connectivity index (χ1v) is 8.26. The predicted molar refractivity (Wildman–Crippen MR) is 86.8 cm³/mol. The van der Waals surface area contributed by atoms with E-state index in [1.54, 1.807) is 0 Å². The van der Waals surface area contributed by atoms with E-state index >= 15 is 0 Å². The first-order chi connectivity index (χ1) is 10.3. The standard InChI is InChI=1S/C17H11NO2Se/c18-17-13(10-6-2-1-3-7-10)14(19)16-15(20-17)11-8-4-5-9-12(11)21-16/h1-9H,18H2. The van der Waals surface area contributed by atoms with E-state index in [1.807, 2.05) is 54.6 Å². The number of anilines is 1. The van der Waals surface area contributed by atoms with Crippen molar-refractivity contribution < 1.29 is 4.42 Å². The molecule has 0 radical (unpaired) electrons. The minimum atomic E-state index is -0.0241. The quantitative estimate of drug-likeness (QED) is 0.541. The monoisotopic (exact) mass is 341 g/mol. The molecule has 0 fully saturated rings. The molecule has 2 aromatic heterocycles. The summed E-state index contributed by atoms with van der Waals surface area (Å²) < 4.78 is 7.74. The van der Waals surface area contributed by atoms with Crippen LogP contribution < -0.4 is 11.2 Å². The zero-order valence-corrected chi connectivity index (χ0v) is 12.7. The van der Waals surface area contributed by atoms with Crippen molar-refractivity contribution in [3.63, 3.8) is 0 Å². The molecule has 3 nitrogen and oxygen atoms in total. The van der Waals surface area contributed by atoms with E-state index in [2.05, 4.69) is 0 Å². The topological polar surface area (TPSA) is 56.2 Å². The molecule has 0 aliphatic carbocycles. The molecule has 0 amide bonds. The molecule has 2 N–H and O–H groups in total. The van der Waals surface area contributed by atoms with Crippen molar-refractivity contribution in [3.8, 4) is 11.1 Å². The van der Waals surface area contributed by atoms with Gasteiger partial charge >= 0.3 is 126 Å². The Labute approximate surface area is 126 Å². The maximum absolute atomic E-state index is 12.8. The van der Waals surface area contributed by atoms with Gasteiger partial charge in [0.05, 0.1) is 0 Å². The number of fused-ring (bicyclic) bond motifs is 3. The van der Waals surface area contributed by atoms with E-state index in [4.69, 9.17) is 10.2 Å². The Morgan fingerprint density at radius 3 is 2.48 bits per heavy atom. The van der Waals surface area contributed by atoms with Crippen LogP contribution in [0.1, 0.15) is 0 Å². The molecular formula is C17H11NO2Se. The summed E-state index contributed by atoms with van der Waals surface area (Å²) >= 11 is -0.0241. The molecule has 0 bridgehead atoms. The second-order valence-electron chi connectivity index (χ2n) is 4.79. The van der Waals surface area contributed by atoms with Gasteiger partial charge in [-0.1, -0.05) is 0 Å². The third kappa shape index (κ3) is 1.84. The van der Waals surface area contributed by atoms with Crippen molar-refractivity contribution in [1.29, 1.82) is 0 Å². The minimum absolute atomic E-state index is 0.00356. The van der Waals surface area contributed by atoms with Crippen LogP contribution in [0.4, 0.5) is 5.88 Å². The van der Waals surface area contributed by atoms with Crippen molar-refractivity contribution in [2.45, 2.75) is 0 Å². The van der Waals surface area contributed by atoms with Gasteiger partial charge in [-0.3, -0.25) is 0 Å². The maximum atomic E-state index is 12.8. The van der Waals surface area contributed by atoms with E-state index in [-0.39, 0.29) is 25.8 Å². The molecule has 2 aromatic carbocycles. The van der Waals surface area contributed by atoms with Crippen LogP contribution in [0.3, 0.4) is 0 Å². The van der Waals surface area contributed by atoms with Crippen LogP contribution in [0.25, 0.3) is 30.6 Å². The van der Waals surface area contributed by atoms with E-state index in [9.17, 15) is 4.79 Å². The summed E-state index contributed by atoms with van der Waals surface area (Å²) in [6, 6.07) is 17.4. The van der Waals surface area contributed by atoms with Crippen LogP contribution in [0.5, 0.6) is 0 Å². The van der Waals surface area contributed by atoms with Gasteiger partial charge in [0.25, 0.3) is 0 Å². The SMILES string of the molecule is Nc1oc2c([se]c3ccccc32)c(=O)c1-c1ccccc1. The summed E-state index contributed by atoms with van der Waals surface area (Å²) in [5.41, 5.74) is 7.95. The Bertz CT molecular complexity index is 1020. The fraction of sp³-hybridized carbons (Fsp3) is 0. The Morgan fingerprint density at radius 1 is 0.952 bits per heavy atom. The van der Waals surface area contributed by atoms with Crippen molar-refractivity contribution in [3.05, 3.63) is 64.8 Å². The van der Waals surface area contributed by atoms with Gasteiger partial charge in [0.1, 0.15) is 0 Å². The molecule has 0 unspecified atom stereocenters. The zero-order chi connectivity index (χ0) is 14.4. The first kappa shape index (κ1) is 12.5. The molecule has 0 saturated carbocycles. The van der Waals surface area contributed by atoms with Gasteiger partial charge in [-0.2, -0.15) is 0 Å². The van der Waals surface area contributed by atoms with E-state index < -0.39 is 0 Å². The third-order valence-electron chi connectivity index (χ3n) is 3.50. The molecule has 0 atom stereocenters. The van der Waals surface area contributed by atoms with Crippen molar-refractivity contribution in [2.24, 2.45) is 0 Å². The molecule has 4 rings (SSSR count). The summed E-state index contributed by atoms with van der Waals surface area (Å²) in [4.78, 5) is 12.8. The second kappa shape index (κ2) is 4.62. The average molecular weight is 340 g/mol. The molecule has 0 spiro atoms. The van der Waals surface area contributed by atoms with Crippen LogP contribution in [0.2, 0.25) is 0 Å². The molecule has 4 aromatic rings. The van der Waals surface area contributed by atoms with Gasteiger partial charge in [-0.05, 0) is 0 Å². The number of hydrogen-bond acceptors (Lipinski definition) is 3. The molecule has 4 heteroatoms. The van der Waals surface area contributed by atoms with Crippen LogP contribution in [0, 0.1) is 0 Å². The fourth-order valence-electron chi connectivity index (χ4n) is 2.54. The van der Waals surface area contributed by atoms with Crippen molar-refractivity contribution >= 4 is 39.9 Å². The Morgan fingerprint density at radius 2 is 1.67 bits per heavy atom. The van der Waals surface area contributed by atoms with Gasteiger partial charge in [0.2, 0.25) is 0 Å². The molecule has 2 heterocycles. The molecule has 21 heavy (non-hydrogen) atoms. The van der Waals surface area contributed by atoms with Crippen LogP contribution >= 0.6 is 0 Å². The number of nitrogen functional groups attached to an aromatic ring is 1. The van der Waals surface area contributed by atoms with Crippen LogP contribution in [-0.4, -0.2) is 14.5 Å². The van der Waals surface area contributed by atoms with Gasteiger partial charge in [0, 0.05) is 0 Å². The van der Waals surface area contributed by atoms with E-state index in [1.165, 1.54) is 4.26 Å². The van der Waals surface area contributed by atoms with E-state index in [0.717, 1.165) is 15.2 Å². The Balaban J connectivity index is 2.16. The van der Waals surface area contributed by atoms with Gasteiger partial charge in [0.15, 0.2) is 0 Å². The van der Waals surface area contributed by atoms with Gasteiger partial charge in [-0.15, -0.1) is 0 Å². The Hall–Kier alpha value is -2.29. The normalized spacial score (nSPS) is 11.2. The predicted octanol–water partition coefficient (Wildman–Crippen LogP) is 3.25. The van der Waals surface area contributed by atoms with Gasteiger partial charge < -0.3 is 0 Å². The van der Waals surface area contributed by atoms with Crippen LogP contribution in [0.15, 0.2) is 63.8 Å². The summed E-state index contributed by atoms with van der Waals surface area (Å²) in [6.07, 6.45) is 0. The first-order valence-electron chi connectivity index (χ1n) is 6.55. The summed E-state index contributed by atoms with van der Waals surface area (Å²) in [7, 11) is 0. The summed E-state index contributed by atoms with van der Waals surface area (Å²) in [6.45, 7) is 0. The zero-order valence-electron chi connectivity index (χ0n) is 11.0. The second-order valence-corrected chi connectivity index (χ2v) is 7.00. The molecule has 0 saturated heterocycles. The summed E-state index contributed by atoms with van der Waals surface area (Å²) in [5, 5.41) is 0.996. The Kier molecular flexibility index (Phi) is 2.74.